The first-order valence-electron chi connectivity index (χ1n) is 7.59. The SMILES string of the molecule is CC[C@H]1[C@H](NC(=O)OC(C)(C)C)CN1c1nc(C)c(C(=O)O)s1. The van der Waals surface area contributed by atoms with E-state index in [0.29, 0.717) is 17.4 Å². The van der Waals surface area contributed by atoms with Gasteiger partial charge in [0.2, 0.25) is 0 Å². The summed E-state index contributed by atoms with van der Waals surface area (Å²) in [6.07, 6.45) is 0.392. The first kappa shape index (κ1) is 17.5. The molecule has 1 aliphatic heterocycles. The molecule has 2 atom stereocenters. The number of carbonyl (C=O) groups excluding carboxylic acids is 1. The molecule has 128 valence electrons. The average Bonchev–Trinajstić information content (AvgIpc) is 2.74. The summed E-state index contributed by atoms with van der Waals surface area (Å²) in [6, 6.07) is 0.0713. The van der Waals surface area contributed by atoms with Crippen LogP contribution in [0.1, 0.15) is 49.5 Å². The minimum Gasteiger partial charge on any atom is -0.477 e. The van der Waals surface area contributed by atoms with Gasteiger partial charge in [-0.2, -0.15) is 0 Å². The number of carbonyl (C=O) groups is 2. The third kappa shape index (κ3) is 3.93. The highest BCUT2D eigenvalue weighted by molar-refractivity contribution is 7.17. The van der Waals surface area contributed by atoms with Gasteiger partial charge in [0.1, 0.15) is 10.5 Å². The van der Waals surface area contributed by atoms with Crippen LogP contribution in [0.25, 0.3) is 0 Å². The van der Waals surface area contributed by atoms with Gasteiger partial charge in [-0.15, -0.1) is 0 Å². The number of amides is 1. The number of aromatic nitrogens is 1. The van der Waals surface area contributed by atoms with Crippen molar-refractivity contribution in [1.82, 2.24) is 10.3 Å². The Morgan fingerprint density at radius 3 is 2.61 bits per heavy atom. The van der Waals surface area contributed by atoms with E-state index in [9.17, 15) is 9.59 Å². The fourth-order valence-electron chi connectivity index (χ4n) is 2.58. The van der Waals surface area contributed by atoms with Crippen LogP contribution in [0.2, 0.25) is 0 Å². The van der Waals surface area contributed by atoms with Gasteiger partial charge in [0.05, 0.1) is 17.8 Å². The summed E-state index contributed by atoms with van der Waals surface area (Å²) < 4.78 is 5.27. The van der Waals surface area contributed by atoms with E-state index in [1.165, 1.54) is 11.3 Å². The van der Waals surface area contributed by atoms with Crippen LogP contribution < -0.4 is 10.2 Å². The van der Waals surface area contributed by atoms with Crippen molar-refractivity contribution in [2.24, 2.45) is 0 Å². The number of thiazole rings is 1. The molecule has 23 heavy (non-hydrogen) atoms. The smallest absolute Gasteiger partial charge is 0.408 e. The number of alkyl carbamates (subject to hydrolysis) is 1. The molecule has 0 aliphatic carbocycles. The van der Waals surface area contributed by atoms with Gasteiger partial charge in [-0.05, 0) is 34.1 Å². The monoisotopic (exact) mass is 341 g/mol. The van der Waals surface area contributed by atoms with Crippen LogP contribution in [-0.2, 0) is 4.74 Å². The van der Waals surface area contributed by atoms with Crippen molar-refractivity contribution in [3.63, 3.8) is 0 Å². The maximum atomic E-state index is 11.9. The van der Waals surface area contributed by atoms with Gasteiger partial charge >= 0.3 is 12.1 Å². The van der Waals surface area contributed by atoms with Gasteiger partial charge in [-0.25, -0.2) is 14.6 Å². The van der Waals surface area contributed by atoms with E-state index >= 15 is 0 Å². The predicted molar refractivity (Wildman–Crippen MR) is 88.4 cm³/mol. The molecule has 8 heteroatoms. The number of rotatable bonds is 4. The van der Waals surface area contributed by atoms with Crippen LogP contribution in [0, 0.1) is 6.92 Å². The van der Waals surface area contributed by atoms with Crippen molar-refractivity contribution < 1.29 is 19.4 Å². The lowest BCUT2D eigenvalue weighted by Crippen LogP contribution is -2.67. The van der Waals surface area contributed by atoms with Gasteiger partial charge in [-0.3, -0.25) is 0 Å². The van der Waals surface area contributed by atoms with Crippen LogP contribution >= 0.6 is 11.3 Å². The third-order valence-corrected chi connectivity index (χ3v) is 4.79. The lowest BCUT2D eigenvalue weighted by atomic mass is 9.95. The van der Waals surface area contributed by atoms with Crippen molar-refractivity contribution in [2.45, 2.75) is 58.7 Å². The molecule has 2 rings (SSSR count). The lowest BCUT2D eigenvalue weighted by molar-refractivity contribution is 0.0477. The summed E-state index contributed by atoms with van der Waals surface area (Å²) in [5.41, 5.74) is -0.00574. The molecule has 7 nitrogen and oxygen atoms in total. The van der Waals surface area contributed by atoms with E-state index in [1.807, 2.05) is 32.6 Å². The molecule has 2 heterocycles. The van der Waals surface area contributed by atoms with Crippen LogP contribution in [0.3, 0.4) is 0 Å². The fraction of sp³-hybridized carbons (Fsp3) is 0.667. The molecule has 1 aliphatic rings. The Kier molecular flexibility index (Phi) is 4.84. The molecule has 1 aromatic rings. The Labute approximate surface area is 139 Å². The van der Waals surface area contributed by atoms with Crippen molar-refractivity contribution in [1.29, 1.82) is 0 Å². The van der Waals surface area contributed by atoms with Gasteiger partial charge in [-0.1, -0.05) is 18.3 Å². The Balaban J connectivity index is 2.01. The van der Waals surface area contributed by atoms with Crippen molar-refractivity contribution in [2.75, 3.05) is 11.4 Å². The summed E-state index contributed by atoms with van der Waals surface area (Å²) in [4.78, 5) is 29.6. The molecule has 0 aromatic carbocycles. The second kappa shape index (κ2) is 6.35. The quantitative estimate of drug-likeness (QED) is 0.875. The topological polar surface area (TPSA) is 91.8 Å². The lowest BCUT2D eigenvalue weighted by Gasteiger charge is -2.47. The van der Waals surface area contributed by atoms with E-state index in [0.717, 1.165) is 6.42 Å². The molecule has 1 aromatic heterocycles. The minimum atomic E-state index is -0.955. The first-order valence-corrected chi connectivity index (χ1v) is 8.41. The van der Waals surface area contributed by atoms with E-state index in [2.05, 4.69) is 10.3 Å². The predicted octanol–water partition coefficient (Wildman–Crippen LogP) is 2.64. The molecule has 0 unspecified atom stereocenters. The highest BCUT2D eigenvalue weighted by Crippen LogP contribution is 2.34. The number of ether oxygens (including phenoxy) is 1. The highest BCUT2D eigenvalue weighted by Gasteiger charge is 2.41. The number of carboxylic acid groups (broad SMARTS) is 1. The number of hydrogen-bond acceptors (Lipinski definition) is 6. The molecule has 0 saturated carbocycles. The summed E-state index contributed by atoms with van der Waals surface area (Å²) in [5, 5.41) is 12.7. The summed E-state index contributed by atoms with van der Waals surface area (Å²) >= 11 is 1.17. The minimum absolute atomic E-state index is 0.0210. The van der Waals surface area contributed by atoms with Gasteiger partial charge < -0.3 is 20.1 Å². The van der Waals surface area contributed by atoms with Crippen molar-refractivity contribution >= 4 is 28.5 Å². The fourth-order valence-corrected chi connectivity index (χ4v) is 3.55. The molecule has 0 spiro atoms. The second-order valence-electron chi connectivity index (χ2n) is 6.60. The summed E-state index contributed by atoms with van der Waals surface area (Å²) in [6.45, 7) is 9.79. The number of aryl methyl sites for hydroxylation is 1. The molecule has 1 saturated heterocycles. The Morgan fingerprint density at radius 1 is 1.48 bits per heavy atom. The Hall–Kier alpha value is -1.83. The Morgan fingerprint density at radius 2 is 2.13 bits per heavy atom. The zero-order valence-corrected chi connectivity index (χ0v) is 14.9. The maximum Gasteiger partial charge on any atom is 0.408 e. The summed E-state index contributed by atoms with van der Waals surface area (Å²) in [7, 11) is 0. The number of nitrogens with zero attached hydrogens (tertiary/aromatic N) is 2. The number of aromatic carboxylic acids is 1. The number of nitrogens with one attached hydrogen (secondary N) is 1. The first-order chi connectivity index (χ1) is 10.6. The number of carboxylic acids is 1. The zero-order chi connectivity index (χ0) is 17.4. The van der Waals surface area contributed by atoms with Crippen LogP contribution in [0.15, 0.2) is 0 Å². The average molecular weight is 341 g/mol. The van der Waals surface area contributed by atoms with E-state index in [4.69, 9.17) is 9.84 Å². The molecule has 2 N–H and O–H groups in total. The van der Waals surface area contributed by atoms with Crippen molar-refractivity contribution in [3.05, 3.63) is 10.6 Å². The number of hydrogen-bond donors (Lipinski definition) is 2. The zero-order valence-electron chi connectivity index (χ0n) is 14.0. The maximum absolute atomic E-state index is 11.9. The summed E-state index contributed by atoms with van der Waals surface area (Å²) in [5.74, 6) is -0.955. The van der Waals surface area contributed by atoms with Gasteiger partial charge in [0.25, 0.3) is 0 Å². The molecule has 0 bridgehead atoms. The van der Waals surface area contributed by atoms with E-state index in [1.54, 1.807) is 6.92 Å². The van der Waals surface area contributed by atoms with E-state index < -0.39 is 17.7 Å². The number of anilines is 1. The van der Waals surface area contributed by atoms with Gasteiger partial charge in [0.15, 0.2) is 5.13 Å². The molecular weight excluding hydrogens is 318 g/mol. The van der Waals surface area contributed by atoms with Gasteiger partial charge in [0, 0.05) is 6.54 Å². The molecule has 0 radical (unpaired) electrons. The molecule has 1 fully saturated rings. The largest absolute Gasteiger partial charge is 0.477 e. The standard InChI is InChI=1S/C15H23N3O4S/c1-6-10-9(17-14(21)22-15(3,4)5)7-18(10)13-16-8(2)11(23-13)12(19)20/h9-10H,6-7H2,1-5H3,(H,17,21)(H,19,20)/t9-,10+/m1/s1. The van der Waals surface area contributed by atoms with Crippen LogP contribution in [0.4, 0.5) is 9.93 Å². The molecular formula is C15H23N3O4S. The van der Waals surface area contributed by atoms with Crippen LogP contribution in [-0.4, -0.2) is 46.4 Å². The molecule has 1 amide bonds. The Bertz CT molecular complexity index is 608. The van der Waals surface area contributed by atoms with Crippen molar-refractivity contribution in [3.8, 4) is 0 Å². The highest BCUT2D eigenvalue weighted by atomic mass is 32.1. The van der Waals surface area contributed by atoms with Crippen LogP contribution in [0.5, 0.6) is 0 Å². The normalized spacial score (nSPS) is 20.8. The third-order valence-electron chi connectivity index (χ3n) is 3.60. The van der Waals surface area contributed by atoms with E-state index in [-0.39, 0.29) is 17.0 Å². The second-order valence-corrected chi connectivity index (χ2v) is 7.57.